The largest absolute Gasteiger partial charge is 0.430 e. The van der Waals surface area contributed by atoms with Crippen molar-refractivity contribution in [1.82, 2.24) is 0 Å². The number of rotatable bonds is 4. The summed E-state index contributed by atoms with van der Waals surface area (Å²) in [4.78, 5) is 0. The highest BCUT2D eigenvalue weighted by molar-refractivity contribution is 5.16. The second-order valence-corrected chi connectivity index (χ2v) is 4.57. The fourth-order valence-electron chi connectivity index (χ4n) is 1.34. The van der Waals surface area contributed by atoms with Crippen LogP contribution in [0.25, 0.3) is 0 Å². The monoisotopic (exact) mass is 290 g/mol. The molecule has 0 saturated heterocycles. The predicted molar refractivity (Wildman–Crippen MR) is 59.5 cm³/mol. The molecule has 0 spiro atoms. The van der Waals surface area contributed by atoms with Crippen molar-refractivity contribution in [2.45, 2.75) is 51.6 Å². The highest BCUT2D eigenvalue weighted by atomic mass is 19.4. The molecule has 7 heteroatoms. The zero-order chi connectivity index (χ0) is 15.5. The topological polar surface area (TPSA) is 20.2 Å². The average molecular weight is 290 g/mol. The summed E-state index contributed by atoms with van der Waals surface area (Å²) in [5.41, 5.74) is -4.06. The Morgan fingerprint density at radius 2 is 1.37 bits per heavy atom. The molecule has 0 bridgehead atoms. The summed E-state index contributed by atoms with van der Waals surface area (Å²) in [6.07, 6.45) is -9.74. The van der Waals surface area contributed by atoms with Crippen LogP contribution >= 0.6 is 0 Å². The van der Waals surface area contributed by atoms with E-state index in [1.165, 1.54) is 0 Å². The van der Waals surface area contributed by atoms with Gasteiger partial charge in [-0.3, -0.25) is 0 Å². The lowest BCUT2D eigenvalue weighted by Gasteiger charge is -2.30. The molecule has 19 heavy (non-hydrogen) atoms. The number of aliphatic hydroxyl groups is 1. The van der Waals surface area contributed by atoms with Crippen molar-refractivity contribution < 1.29 is 31.4 Å². The second kappa shape index (κ2) is 5.98. The van der Waals surface area contributed by atoms with Crippen molar-refractivity contribution in [3.63, 3.8) is 0 Å². The molecule has 1 nitrogen and oxygen atoms in total. The van der Waals surface area contributed by atoms with Gasteiger partial charge in [0, 0.05) is 0 Å². The average Bonchev–Trinajstić information content (AvgIpc) is 2.12. The van der Waals surface area contributed by atoms with Gasteiger partial charge in [-0.25, -0.2) is 0 Å². The molecular weight excluding hydrogens is 274 g/mol. The summed E-state index contributed by atoms with van der Waals surface area (Å²) in [6, 6.07) is 0. The van der Waals surface area contributed by atoms with Gasteiger partial charge in [-0.2, -0.15) is 26.3 Å². The maximum absolute atomic E-state index is 12.4. The molecule has 0 heterocycles. The molecule has 0 unspecified atom stereocenters. The Balaban J connectivity index is 5.19. The molecule has 0 aliphatic carbocycles. The minimum atomic E-state index is -5.80. The van der Waals surface area contributed by atoms with Crippen molar-refractivity contribution in [3.8, 4) is 0 Å². The lowest BCUT2D eigenvalue weighted by Crippen LogP contribution is -2.55. The van der Waals surface area contributed by atoms with Crippen LogP contribution in [0.2, 0.25) is 0 Å². The van der Waals surface area contributed by atoms with Crippen LogP contribution in [-0.4, -0.2) is 23.1 Å². The van der Waals surface area contributed by atoms with Crippen molar-refractivity contribution in [1.29, 1.82) is 0 Å². The van der Waals surface area contributed by atoms with Crippen molar-refractivity contribution in [3.05, 3.63) is 23.3 Å². The van der Waals surface area contributed by atoms with E-state index in [2.05, 4.69) is 0 Å². The molecule has 0 aromatic carbocycles. The minimum absolute atomic E-state index is 0.0135. The molecule has 0 fully saturated rings. The van der Waals surface area contributed by atoms with Crippen molar-refractivity contribution in [2.24, 2.45) is 0 Å². The van der Waals surface area contributed by atoms with Gasteiger partial charge >= 0.3 is 12.4 Å². The van der Waals surface area contributed by atoms with E-state index < -0.39 is 18.0 Å². The van der Waals surface area contributed by atoms with Crippen LogP contribution in [0.3, 0.4) is 0 Å². The SMILES string of the molecule is CC(C)=CCCC(C)=CC(O)(C(F)(F)F)C(F)(F)F. The molecule has 0 saturated carbocycles. The molecule has 0 aliphatic heterocycles. The van der Waals surface area contributed by atoms with Gasteiger partial charge in [-0.1, -0.05) is 17.2 Å². The fraction of sp³-hybridized carbons (Fsp3) is 0.667. The van der Waals surface area contributed by atoms with Crippen LogP contribution in [0.1, 0.15) is 33.6 Å². The van der Waals surface area contributed by atoms with Gasteiger partial charge in [0.15, 0.2) is 0 Å². The molecule has 0 aromatic heterocycles. The van der Waals surface area contributed by atoms with Gasteiger partial charge in [-0.05, 0) is 39.7 Å². The summed E-state index contributed by atoms with van der Waals surface area (Å²) in [5.74, 6) is 0. The van der Waals surface area contributed by atoms with E-state index in [9.17, 15) is 26.3 Å². The molecule has 0 radical (unpaired) electrons. The molecular formula is C12H16F6O. The second-order valence-electron chi connectivity index (χ2n) is 4.57. The summed E-state index contributed by atoms with van der Waals surface area (Å²) in [5, 5.41) is 8.92. The summed E-state index contributed by atoms with van der Waals surface area (Å²) >= 11 is 0. The highest BCUT2D eigenvalue weighted by Gasteiger charge is 2.69. The standard InChI is InChI=1S/C12H16F6O/c1-8(2)5-4-6-9(3)7-10(19,11(13,14)15)12(16,17)18/h5,7,19H,4,6H2,1-3H3. The van der Waals surface area contributed by atoms with Gasteiger partial charge < -0.3 is 5.11 Å². The molecule has 0 aliphatic rings. The van der Waals surface area contributed by atoms with E-state index in [4.69, 9.17) is 5.11 Å². The third kappa shape index (κ3) is 4.89. The maximum Gasteiger partial charge on any atom is 0.430 e. The van der Waals surface area contributed by atoms with Gasteiger partial charge in [0.05, 0.1) is 0 Å². The number of halogens is 6. The summed E-state index contributed by atoms with van der Waals surface area (Å²) < 4.78 is 74.3. The van der Waals surface area contributed by atoms with Crippen LogP contribution in [-0.2, 0) is 0 Å². The molecule has 0 atom stereocenters. The lowest BCUT2D eigenvalue weighted by atomic mass is 9.97. The highest BCUT2D eigenvalue weighted by Crippen LogP contribution is 2.44. The van der Waals surface area contributed by atoms with Gasteiger partial charge in [-0.15, -0.1) is 0 Å². The van der Waals surface area contributed by atoms with Crippen LogP contribution in [0, 0.1) is 0 Å². The molecule has 0 aromatic rings. The predicted octanol–water partition coefficient (Wildman–Crippen LogP) is 4.53. The Kier molecular flexibility index (Phi) is 5.67. The third-order valence-electron chi connectivity index (χ3n) is 2.41. The maximum atomic E-state index is 12.4. The first-order valence-electron chi connectivity index (χ1n) is 5.49. The van der Waals surface area contributed by atoms with E-state index in [0.29, 0.717) is 6.42 Å². The van der Waals surface area contributed by atoms with E-state index in [1.54, 1.807) is 19.9 Å². The Morgan fingerprint density at radius 1 is 0.947 bits per heavy atom. The number of hydrogen-bond acceptors (Lipinski definition) is 1. The molecule has 0 rings (SSSR count). The quantitative estimate of drug-likeness (QED) is 0.595. The molecule has 0 amide bonds. The molecule has 1 N–H and O–H groups in total. The number of hydrogen-bond donors (Lipinski definition) is 1. The Hall–Kier alpha value is -0.980. The molecule has 112 valence electrons. The van der Waals surface area contributed by atoms with E-state index >= 15 is 0 Å². The summed E-state index contributed by atoms with van der Waals surface area (Å²) in [7, 11) is 0. The normalized spacial score (nSPS) is 14.5. The number of allylic oxidation sites excluding steroid dienone is 3. The van der Waals surface area contributed by atoms with E-state index in [-0.39, 0.29) is 18.1 Å². The first-order valence-corrected chi connectivity index (χ1v) is 5.49. The Labute approximate surface area is 107 Å². The zero-order valence-electron chi connectivity index (χ0n) is 10.8. The van der Waals surface area contributed by atoms with Crippen molar-refractivity contribution in [2.75, 3.05) is 0 Å². The van der Waals surface area contributed by atoms with Crippen LogP contribution in [0.15, 0.2) is 23.3 Å². The van der Waals surface area contributed by atoms with Crippen LogP contribution in [0.4, 0.5) is 26.3 Å². The van der Waals surface area contributed by atoms with E-state index in [1.807, 2.05) is 0 Å². The lowest BCUT2D eigenvalue weighted by molar-refractivity contribution is -0.347. The number of alkyl halides is 6. The third-order valence-corrected chi connectivity index (χ3v) is 2.41. The minimum Gasteiger partial charge on any atom is -0.370 e. The van der Waals surface area contributed by atoms with Crippen LogP contribution < -0.4 is 0 Å². The first kappa shape index (κ1) is 18.0. The zero-order valence-corrected chi connectivity index (χ0v) is 10.8. The van der Waals surface area contributed by atoms with Crippen LogP contribution in [0.5, 0.6) is 0 Å². The van der Waals surface area contributed by atoms with Gasteiger partial charge in [0.2, 0.25) is 0 Å². The van der Waals surface area contributed by atoms with Gasteiger partial charge in [0.25, 0.3) is 5.60 Å². The van der Waals surface area contributed by atoms with Crippen molar-refractivity contribution >= 4 is 0 Å². The van der Waals surface area contributed by atoms with E-state index in [0.717, 1.165) is 12.5 Å². The fourth-order valence-corrected chi connectivity index (χ4v) is 1.34. The summed E-state index contributed by atoms with van der Waals surface area (Å²) in [6.45, 7) is 4.66. The Morgan fingerprint density at radius 3 is 1.68 bits per heavy atom. The Bertz CT molecular complexity index is 343. The smallest absolute Gasteiger partial charge is 0.370 e. The first-order chi connectivity index (χ1) is 8.31. The van der Waals surface area contributed by atoms with Gasteiger partial charge in [0.1, 0.15) is 0 Å².